The van der Waals surface area contributed by atoms with Crippen LogP contribution in [0.5, 0.6) is 0 Å². The smallest absolute Gasteiger partial charge is 0.0116 e. The second kappa shape index (κ2) is 6.18. The summed E-state index contributed by atoms with van der Waals surface area (Å²) in [4.78, 5) is 2.53. The Morgan fingerprint density at radius 2 is 2.06 bits per heavy atom. The van der Waals surface area contributed by atoms with Crippen LogP contribution in [-0.4, -0.2) is 37.6 Å². The summed E-state index contributed by atoms with van der Waals surface area (Å²) >= 11 is 0. The van der Waals surface area contributed by atoms with Crippen molar-refractivity contribution in [2.45, 2.75) is 32.2 Å². The van der Waals surface area contributed by atoms with E-state index in [1.54, 1.807) is 0 Å². The zero-order chi connectivity index (χ0) is 12.1. The van der Waals surface area contributed by atoms with Gasteiger partial charge in [-0.15, -0.1) is 0 Å². The Morgan fingerprint density at radius 1 is 1.29 bits per heavy atom. The van der Waals surface area contributed by atoms with E-state index < -0.39 is 0 Å². The first-order valence-electron chi connectivity index (χ1n) is 6.72. The van der Waals surface area contributed by atoms with Crippen molar-refractivity contribution in [1.29, 1.82) is 0 Å². The molecule has 1 N–H and O–H groups in total. The number of hydrogen-bond donors (Lipinski definition) is 1. The fraction of sp³-hybridized carbons (Fsp3) is 0.600. The van der Waals surface area contributed by atoms with Crippen molar-refractivity contribution >= 4 is 0 Å². The summed E-state index contributed by atoms with van der Waals surface area (Å²) in [6.45, 7) is 5.70. The molecule has 0 aliphatic carbocycles. The quantitative estimate of drug-likeness (QED) is 0.856. The highest BCUT2D eigenvalue weighted by Gasteiger charge is 2.16. The molecule has 2 rings (SSSR count). The first-order chi connectivity index (χ1) is 8.25. The average Bonchev–Trinajstić information content (AvgIpc) is 2.37. The normalized spacial score (nSPS) is 17.6. The van der Waals surface area contributed by atoms with Gasteiger partial charge < -0.3 is 10.2 Å². The number of benzene rings is 1. The molecule has 0 aromatic heterocycles. The predicted molar refractivity (Wildman–Crippen MR) is 73.4 cm³/mol. The molecule has 0 radical (unpaired) electrons. The molecule has 0 amide bonds. The Morgan fingerprint density at radius 3 is 2.76 bits per heavy atom. The monoisotopic (exact) mass is 232 g/mol. The lowest BCUT2D eigenvalue weighted by Gasteiger charge is -2.31. The molecule has 1 aromatic rings. The standard InChI is InChI=1S/C15H24N2/c1-13-4-3-5-14(12-13)8-11-17(2)15-6-9-16-10-7-15/h3-5,12,15-16H,6-11H2,1-2H3. The number of rotatable bonds is 4. The second-order valence-electron chi connectivity index (χ2n) is 5.20. The van der Waals surface area contributed by atoms with Gasteiger partial charge in [0.15, 0.2) is 0 Å². The zero-order valence-corrected chi connectivity index (χ0v) is 11.1. The second-order valence-corrected chi connectivity index (χ2v) is 5.20. The molecule has 1 aliphatic heterocycles. The van der Waals surface area contributed by atoms with Crippen LogP contribution in [0.25, 0.3) is 0 Å². The predicted octanol–water partition coefficient (Wildman–Crippen LogP) is 2.22. The molecule has 17 heavy (non-hydrogen) atoms. The molecule has 0 atom stereocenters. The van der Waals surface area contributed by atoms with Gasteiger partial charge in [0.2, 0.25) is 0 Å². The van der Waals surface area contributed by atoms with E-state index in [-0.39, 0.29) is 0 Å². The van der Waals surface area contributed by atoms with E-state index in [1.165, 1.54) is 50.0 Å². The minimum atomic E-state index is 0.779. The maximum absolute atomic E-state index is 3.42. The van der Waals surface area contributed by atoms with Gasteiger partial charge in [0.1, 0.15) is 0 Å². The van der Waals surface area contributed by atoms with Gasteiger partial charge in [0.25, 0.3) is 0 Å². The van der Waals surface area contributed by atoms with Crippen LogP contribution in [0.2, 0.25) is 0 Å². The molecule has 94 valence electrons. The summed E-state index contributed by atoms with van der Waals surface area (Å²) in [6, 6.07) is 9.65. The molecular weight excluding hydrogens is 208 g/mol. The van der Waals surface area contributed by atoms with Crippen molar-refractivity contribution in [3.05, 3.63) is 35.4 Å². The summed E-state index contributed by atoms with van der Waals surface area (Å²) in [6.07, 6.45) is 3.76. The van der Waals surface area contributed by atoms with Crippen LogP contribution in [0, 0.1) is 6.92 Å². The lowest BCUT2D eigenvalue weighted by Crippen LogP contribution is -2.41. The lowest BCUT2D eigenvalue weighted by atomic mass is 10.0. The number of nitrogens with zero attached hydrogens (tertiary/aromatic N) is 1. The molecule has 1 heterocycles. The van der Waals surface area contributed by atoms with Gasteiger partial charge in [0, 0.05) is 12.6 Å². The van der Waals surface area contributed by atoms with Gasteiger partial charge in [-0.1, -0.05) is 29.8 Å². The van der Waals surface area contributed by atoms with Crippen molar-refractivity contribution in [3.8, 4) is 0 Å². The Labute approximate surface area is 105 Å². The molecule has 1 saturated heterocycles. The average molecular weight is 232 g/mol. The third kappa shape index (κ3) is 3.83. The van der Waals surface area contributed by atoms with E-state index in [4.69, 9.17) is 0 Å². The molecule has 1 aromatic carbocycles. The third-order valence-electron chi connectivity index (χ3n) is 3.77. The van der Waals surface area contributed by atoms with Gasteiger partial charge in [-0.2, -0.15) is 0 Å². The van der Waals surface area contributed by atoms with Crippen LogP contribution >= 0.6 is 0 Å². The first-order valence-corrected chi connectivity index (χ1v) is 6.72. The van der Waals surface area contributed by atoms with Crippen molar-refractivity contribution in [3.63, 3.8) is 0 Å². The van der Waals surface area contributed by atoms with Gasteiger partial charge in [-0.25, -0.2) is 0 Å². The van der Waals surface area contributed by atoms with Crippen LogP contribution in [0.1, 0.15) is 24.0 Å². The number of aryl methyl sites for hydroxylation is 1. The minimum absolute atomic E-state index is 0.779. The zero-order valence-electron chi connectivity index (χ0n) is 11.1. The highest BCUT2D eigenvalue weighted by Crippen LogP contribution is 2.11. The topological polar surface area (TPSA) is 15.3 Å². The summed E-state index contributed by atoms with van der Waals surface area (Å²) in [5.74, 6) is 0. The molecule has 2 nitrogen and oxygen atoms in total. The molecular formula is C15H24N2. The molecule has 1 fully saturated rings. The number of hydrogen-bond acceptors (Lipinski definition) is 2. The summed E-state index contributed by atoms with van der Waals surface area (Å²) in [7, 11) is 2.27. The molecule has 2 heteroatoms. The Kier molecular flexibility index (Phi) is 4.57. The van der Waals surface area contributed by atoms with Crippen LogP contribution < -0.4 is 5.32 Å². The maximum Gasteiger partial charge on any atom is 0.0116 e. The fourth-order valence-electron chi connectivity index (χ4n) is 2.60. The molecule has 0 unspecified atom stereocenters. The van der Waals surface area contributed by atoms with Crippen LogP contribution in [0.3, 0.4) is 0 Å². The summed E-state index contributed by atoms with van der Waals surface area (Å²) in [5, 5.41) is 3.42. The van der Waals surface area contributed by atoms with E-state index >= 15 is 0 Å². The van der Waals surface area contributed by atoms with Crippen molar-refractivity contribution < 1.29 is 0 Å². The van der Waals surface area contributed by atoms with Gasteiger partial charge in [-0.05, 0) is 51.9 Å². The molecule has 0 bridgehead atoms. The Bertz CT molecular complexity index is 343. The number of piperidine rings is 1. The third-order valence-corrected chi connectivity index (χ3v) is 3.77. The van der Waals surface area contributed by atoms with E-state index in [0.717, 1.165) is 6.04 Å². The lowest BCUT2D eigenvalue weighted by molar-refractivity contribution is 0.201. The molecule has 0 saturated carbocycles. The fourth-order valence-corrected chi connectivity index (χ4v) is 2.60. The number of likely N-dealkylation sites (N-methyl/N-ethyl adjacent to an activating group) is 1. The van der Waals surface area contributed by atoms with Crippen LogP contribution in [-0.2, 0) is 6.42 Å². The SMILES string of the molecule is Cc1cccc(CCN(C)C2CCNCC2)c1. The minimum Gasteiger partial charge on any atom is -0.317 e. The summed E-state index contributed by atoms with van der Waals surface area (Å²) in [5.41, 5.74) is 2.83. The van der Waals surface area contributed by atoms with Crippen LogP contribution in [0.4, 0.5) is 0 Å². The largest absolute Gasteiger partial charge is 0.317 e. The van der Waals surface area contributed by atoms with Gasteiger partial charge in [0.05, 0.1) is 0 Å². The Hall–Kier alpha value is -0.860. The number of nitrogens with one attached hydrogen (secondary N) is 1. The van der Waals surface area contributed by atoms with Gasteiger partial charge in [-0.3, -0.25) is 0 Å². The Balaban J connectivity index is 1.80. The molecule has 1 aliphatic rings. The van der Waals surface area contributed by atoms with E-state index in [9.17, 15) is 0 Å². The molecule has 0 spiro atoms. The van der Waals surface area contributed by atoms with Gasteiger partial charge >= 0.3 is 0 Å². The van der Waals surface area contributed by atoms with Crippen LogP contribution in [0.15, 0.2) is 24.3 Å². The highest BCUT2D eigenvalue weighted by atomic mass is 15.1. The summed E-state index contributed by atoms with van der Waals surface area (Å²) < 4.78 is 0. The van der Waals surface area contributed by atoms with E-state index in [2.05, 4.69) is 48.5 Å². The first kappa shape index (κ1) is 12.6. The van der Waals surface area contributed by atoms with Crippen molar-refractivity contribution in [2.24, 2.45) is 0 Å². The highest BCUT2D eigenvalue weighted by molar-refractivity contribution is 5.22. The van der Waals surface area contributed by atoms with Crippen molar-refractivity contribution in [2.75, 3.05) is 26.7 Å². The van der Waals surface area contributed by atoms with E-state index in [0.29, 0.717) is 0 Å². The maximum atomic E-state index is 3.42. The van der Waals surface area contributed by atoms with E-state index in [1.807, 2.05) is 0 Å². The van der Waals surface area contributed by atoms with Crippen molar-refractivity contribution in [1.82, 2.24) is 10.2 Å².